The van der Waals surface area contributed by atoms with Crippen LogP contribution in [0.2, 0.25) is 0 Å². The molecule has 0 spiro atoms. The van der Waals surface area contributed by atoms with Crippen LogP contribution in [0.15, 0.2) is 97.1 Å². The molecule has 8 heteroatoms. The molecule has 242 valence electrons. The van der Waals surface area contributed by atoms with E-state index in [-0.39, 0.29) is 35.9 Å². The van der Waals surface area contributed by atoms with Gasteiger partial charge in [-0.2, -0.15) is 0 Å². The van der Waals surface area contributed by atoms with Crippen LogP contribution in [0.1, 0.15) is 76.7 Å². The lowest BCUT2D eigenvalue weighted by atomic mass is 9.86. The van der Waals surface area contributed by atoms with Gasteiger partial charge in [0.1, 0.15) is 11.6 Å². The summed E-state index contributed by atoms with van der Waals surface area (Å²) in [7, 11) is 1.71. The summed E-state index contributed by atoms with van der Waals surface area (Å²) in [5.41, 5.74) is 4.05. The Morgan fingerprint density at radius 1 is 0.826 bits per heavy atom. The molecule has 2 amide bonds. The van der Waals surface area contributed by atoms with E-state index >= 15 is 0 Å². The monoisotopic (exact) mass is 627 g/mol. The van der Waals surface area contributed by atoms with Gasteiger partial charge in [-0.1, -0.05) is 81.4 Å². The van der Waals surface area contributed by atoms with Crippen molar-refractivity contribution in [2.45, 2.75) is 64.3 Å². The summed E-state index contributed by atoms with van der Waals surface area (Å²) < 4.78 is 28.1. The SMILES string of the molecule is C[C@H](c1ccccc1)N(C)C(=O)c1cccc(C(=O)N[C@@H](Cc2cc(F)cc(F)c2)[C@H](O)CNCc2cccc(C(C)(C)C)c2)c1. The molecule has 0 aliphatic carbocycles. The van der Waals surface area contributed by atoms with Crippen molar-refractivity contribution in [3.05, 3.63) is 142 Å². The molecule has 0 saturated carbocycles. The van der Waals surface area contributed by atoms with Gasteiger partial charge >= 0.3 is 0 Å². The maximum Gasteiger partial charge on any atom is 0.254 e. The van der Waals surface area contributed by atoms with Crippen LogP contribution >= 0.6 is 0 Å². The van der Waals surface area contributed by atoms with Crippen molar-refractivity contribution >= 4 is 11.8 Å². The van der Waals surface area contributed by atoms with Crippen molar-refractivity contribution in [1.82, 2.24) is 15.5 Å². The number of aliphatic hydroxyl groups is 1. The Morgan fingerprint density at radius 3 is 2.15 bits per heavy atom. The zero-order chi connectivity index (χ0) is 33.4. The number of nitrogens with zero attached hydrogens (tertiary/aromatic N) is 1. The van der Waals surface area contributed by atoms with Gasteiger partial charge in [-0.25, -0.2) is 8.78 Å². The average Bonchev–Trinajstić information content (AvgIpc) is 3.03. The maximum atomic E-state index is 14.0. The minimum atomic E-state index is -1.09. The molecule has 46 heavy (non-hydrogen) atoms. The molecular weight excluding hydrogens is 584 g/mol. The van der Waals surface area contributed by atoms with Crippen molar-refractivity contribution in [3.8, 4) is 0 Å². The quantitative estimate of drug-likeness (QED) is 0.166. The predicted molar refractivity (Wildman–Crippen MR) is 178 cm³/mol. The first-order valence-electron chi connectivity index (χ1n) is 15.5. The first-order chi connectivity index (χ1) is 21.8. The van der Waals surface area contributed by atoms with Crippen molar-refractivity contribution in [3.63, 3.8) is 0 Å². The summed E-state index contributed by atoms with van der Waals surface area (Å²) in [4.78, 5) is 28.5. The summed E-state index contributed by atoms with van der Waals surface area (Å²) in [6.45, 7) is 8.95. The molecule has 3 N–H and O–H groups in total. The van der Waals surface area contributed by atoms with Crippen molar-refractivity contribution in [2.24, 2.45) is 0 Å². The third-order valence-corrected chi connectivity index (χ3v) is 8.19. The number of nitrogens with one attached hydrogen (secondary N) is 2. The van der Waals surface area contributed by atoms with Crippen LogP contribution in [-0.4, -0.2) is 47.6 Å². The van der Waals surface area contributed by atoms with Gasteiger partial charge in [-0.15, -0.1) is 0 Å². The molecule has 0 aromatic heterocycles. The number of hydrogen-bond donors (Lipinski definition) is 3. The fraction of sp³-hybridized carbons (Fsp3) is 0.316. The van der Waals surface area contributed by atoms with E-state index in [4.69, 9.17) is 0 Å². The number of rotatable bonds is 12. The second kappa shape index (κ2) is 15.3. The number of halogens is 2. The Balaban J connectivity index is 1.48. The largest absolute Gasteiger partial charge is 0.390 e. The van der Waals surface area contributed by atoms with Crippen LogP contribution in [0, 0.1) is 11.6 Å². The highest BCUT2D eigenvalue weighted by atomic mass is 19.1. The second-order valence-electron chi connectivity index (χ2n) is 12.8. The molecule has 0 unspecified atom stereocenters. The normalized spacial score (nSPS) is 13.5. The molecule has 0 radical (unpaired) electrons. The Bertz CT molecular complexity index is 1620. The van der Waals surface area contributed by atoms with E-state index in [1.807, 2.05) is 49.4 Å². The highest BCUT2D eigenvalue weighted by Crippen LogP contribution is 2.23. The average molecular weight is 628 g/mol. The molecular formula is C38H43F2N3O3. The van der Waals surface area contributed by atoms with E-state index in [1.165, 1.54) is 23.8 Å². The number of hydrogen-bond acceptors (Lipinski definition) is 4. The first kappa shape index (κ1) is 34.5. The van der Waals surface area contributed by atoms with Gasteiger partial charge in [-0.05, 0) is 71.3 Å². The summed E-state index contributed by atoms with van der Waals surface area (Å²) in [5, 5.41) is 17.3. The van der Waals surface area contributed by atoms with Crippen LogP contribution in [0.5, 0.6) is 0 Å². The Kier molecular flexibility index (Phi) is 11.4. The van der Waals surface area contributed by atoms with E-state index in [0.717, 1.165) is 17.2 Å². The van der Waals surface area contributed by atoms with Crippen molar-refractivity contribution in [2.75, 3.05) is 13.6 Å². The predicted octanol–water partition coefficient (Wildman–Crippen LogP) is 6.59. The summed E-state index contributed by atoms with van der Waals surface area (Å²) in [6, 6.07) is 26.3. The number of carbonyl (C=O) groups is 2. The second-order valence-corrected chi connectivity index (χ2v) is 12.8. The summed E-state index contributed by atoms with van der Waals surface area (Å²) >= 11 is 0. The van der Waals surface area contributed by atoms with Crippen LogP contribution in [-0.2, 0) is 18.4 Å². The lowest BCUT2D eigenvalue weighted by Crippen LogP contribution is -2.48. The molecule has 0 aliphatic heterocycles. The zero-order valence-corrected chi connectivity index (χ0v) is 27.1. The van der Waals surface area contributed by atoms with Crippen LogP contribution in [0.4, 0.5) is 8.78 Å². The van der Waals surface area contributed by atoms with E-state index < -0.39 is 29.7 Å². The fourth-order valence-corrected chi connectivity index (χ4v) is 5.30. The minimum Gasteiger partial charge on any atom is -0.390 e. The molecule has 4 aromatic rings. The van der Waals surface area contributed by atoms with Gasteiger partial charge in [0.15, 0.2) is 0 Å². The maximum absolute atomic E-state index is 14.0. The molecule has 0 heterocycles. The lowest BCUT2D eigenvalue weighted by Gasteiger charge is -2.26. The third-order valence-electron chi connectivity index (χ3n) is 8.19. The van der Waals surface area contributed by atoms with Crippen molar-refractivity contribution < 1.29 is 23.5 Å². The molecule has 0 bridgehead atoms. The van der Waals surface area contributed by atoms with E-state index in [1.54, 1.807) is 30.1 Å². The van der Waals surface area contributed by atoms with Crippen LogP contribution < -0.4 is 10.6 Å². The lowest BCUT2D eigenvalue weighted by molar-refractivity contribution is 0.0742. The van der Waals surface area contributed by atoms with E-state index in [9.17, 15) is 23.5 Å². The Hall–Kier alpha value is -4.40. The van der Waals surface area contributed by atoms with Gasteiger partial charge in [0.05, 0.1) is 18.2 Å². The third kappa shape index (κ3) is 9.31. The number of amides is 2. The van der Waals surface area contributed by atoms with E-state index in [2.05, 4.69) is 43.5 Å². The van der Waals surface area contributed by atoms with Gasteiger partial charge in [0.25, 0.3) is 11.8 Å². The van der Waals surface area contributed by atoms with E-state index in [0.29, 0.717) is 17.7 Å². The molecule has 0 aliphatic rings. The first-order valence-corrected chi connectivity index (χ1v) is 15.5. The smallest absolute Gasteiger partial charge is 0.254 e. The molecule has 4 aromatic carbocycles. The molecule has 4 rings (SSSR count). The highest BCUT2D eigenvalue weighted by Gasteiger charge is 2.25. The number of benzene rings is 4. The fourth-order valence-electron chi connectivity index (χ4n) is 5.30. The minimum absolute atomic E-state index is 0.0113. The summed E-state index contributed by atoms with van der Waals surface area (Å²) in [6.07, 6.45) is -1.11. The molecule has 3 atom stereocenters. The molecule has 0 saturated heterocycles. The number of aliphatic hydroxyl groups excluding tert-OH is 1. The standard InChI is InChI=1S/C38H43F2N3O3/c1-25(28-12-7-6-8-13-28)43(5)37(46)30-15-10-14-29(21-30)36(45)42-34(20-27-18-32(39)22-33(40)19-27)35(44)24-41-23-26-11-9-16-31(17-26)38(2,3)4/h6-19,21-22,25,34-35,41,44H,20,23-24H2,1-5H3,(H,42,45)/t25-,34+,35-/m1/s1. The van der Waals surface area contributed by atoms with Gasteiger partial charge in [-0.3, -0.25) is 9.59 Å². The van der Waals surface area contributed by atoms with Crippen LogP contribution in [0.3, 0.4) is 0 Å². The Morgan fingerprint density at radius 2 is 1.48 bits per heavy atom. The van der Waals surface area contributed by atoms with Gasteiger partial charge in [0, 0.05) is 37.3 Å². The van der Waals surface area contributed by atoms with Gasteiger partial charge < -0.3 is 20.6 Å². The Labute approximate surface area is 270 Å². The topological polar surface area (TPSA) is 81.7 Å². The van der Waals surface area contributed by atoms with Crippen molar-refractivity contribution in [1.29, 1.82) is 0 Å². The van der Waals surface area contributed by atoms with Gasteiger partial charge in [0.2, 0.25) is 0 Å². The highest BCUT2D eigenvalue weighted by molar-refractivity contribution is 5.99. The zero-order valence-electron chi connectivity index (χ0n) is 27.1. The van der Waals surface area contributed by atoms with Crippen LogP contribution in [0.25, 0.3) is 0 Å². The molecule has 6 nitrogen and oxygen atoms in total. The summed E-state index contributed by atoms with van der Waals surface area (Å²) in [5.74, 6) is -2.26. The number of carbonyl (C=O) groups excluding carboxylic acids is 2. The molecule has 0 fully saturated rings.